The first-order valence-electron chi connectivity index (χ1n) is 5.81. The predicted molar refractivity (Wildman–Crippen MR) is 78.5 cm³/mol. The quantitative estimate of drug-likeness (QED) is 0.869. The maximum Gasteiger partial charge on any atom is 0.340 e. The number of anilines is 1. The summed E-state index contributed by atoms with van der Waals surface area (Å²) in [7, 11) is 1.30. The molecule has 0 unspecified atom stereocenters. The van der Waals surface area contributed by atoms with Gasteiger partial charge in [-0.25, -0.2) is 9.78 Å². The van der Waals surface area contributed by atoms with Crippen LogP contribution in [0.2, 0.25) is 0 Å². The number of nitrogen functional groups attached to an aromatic ring is 1. The number of methoxy groups -OCH3 is 1. The van der Waals surface area contributed by atoms with Crippen molar-refractivity contribution in [3.8, 4) is 5.88 Å². The van der Waals surface area contributed by atoms with Crippen molar-refractivity contribution in [3.63, 3.8) is 0 Å². The summed E-state index contributed by atoms with van der Waals surface area (Å²) in [6.07, 6.45) is 1.38. The van der Waals surface area contributed by atoms with Crippen LogP contribution in [0.1, 0.15) is 15.9 Å². The standard InChI is InChI=1S/C14H13BrN2O3/c1-19-14(18)11-6-13(17-7-12(11)16)20-8-9-2-4-10(15)5-3-9/h2-7H,8,16H2,1H3. The summed E-state index contributed by atoms with van der Waals surface area (Å²) < 4.78 is 11.2. The maximum atomic E-state index is 11.5. The van der Waals surface area contributed by atoms with E-state index in [-0.39, 0.29) is 11.3 Å². The fourth-order valence-electron chi connectivity index (χ4n) is 1.55. The van der Waals surface area contributed by atoms with Gasteiger partial charge in [-0.2, -0.15) is 0 Å². The van der Waals surface area contributed by atoms with E-state index >= 15 is 0 Å². The number of halogens is 1. The number of benzene rings is 1. The highest BCUT2D eigenvalue weighted by molar-refractivity contribution is 9.10. The Morgan fingerprint density at radius 3 is 2.70 bits per heavy atom. The van der Waals surface area contributed by atoms with Gasteiger partial charge < -0.3 is 15.2 Å². The van der Waals surface area contributed by atoms with Crippen LogP contribution in [0.15, 0.2) is 41.0 Å². The Bertz CT molecular complexity index is 614. The second-order valence-corrected chi connectivity index (χ2v) is 4.93. The molecule has 6 heteroatoms. The van der Waals surface area contributed by atoms with Crippen molar-refractivity contribution in [3.05, 3.63) is 52.1 Å². The average molecular weight is 337 g/mol. The molecule has 0 aliphatic carbocycles. The van der Waals surface area contributed by atoms with E-state index in [4.69, 9.17) is 10.5 Å². The van der Waals surface area contributed by atoms with Gasteiger partial charge in [0.1, 0.15) is 6.61 Å². The minimum atomic E-state index is -0.515. The number of carbonyl (C=O) groups excluding carboxylic acids is 1. The Morgan fingerprint density at radius 2 is 2.05 bits per heavy atom. The Balaban J connectivity index is 2.10. The zero-order valence-corrected chi connectivity index (χ0v) is 12.4. The number of ether oxygens (including phenoxy) is 2. The molecule has 1 heterocycles. The van der Waals surface area contributed by atoms with E-state index in [1.165, 1.54) is 19.4 Å². The lowest BCUT2D eigenvalue weighted by molar-refractivity contribution is 0.0601. The van der Waals surface area contributed by atoms with E-state index in [0.717, 1.165) is 10.0 Å². The van der Waals surface area contributed by atoms with Gasteiger partial charge in [0.05, 0.1) is 24.6 Å². The lowest BCUT2D eigenvalue weighted by Gasteiger charge is -2.08. The van der Waals surface area contributed by atoms with Crippen LogP contribution in [0.3, 0.4) is 0 Å². The summed E-state index contributed by atoms with van der Waals surface area (Å²) in [5.41, 5.74) is 7.16. The van der Waals surface area contributed by atoms with Crippen molar-refractivity contribution in [1.82, 2.24) is 4.98 Å². The third-order valence-corrected chi connectivity index (χ3v) is 3.14. The van der Waals surface area contributed by atoms with E-state index in [2.05, 4.69) is 25.7 Å². The summed E-state index contributed by atoms with van der Waals surface area (Å²) in [4.78, 5) is 15.5. The fourth-order valence-corrected chi connectivity index (χ4v) is 1.81. The van der Waals surface area contributed by atoms with Crippen LogP contribution in [-0.2, 0) is 11.3 Å². The minimum absolute atomic E-state index is 0.244. The van der Waals surface area contributed by atoms with Crippen molar-refractivity contribution >= 4 is 27.6 Å². The van der Waals surface area contributed by atoms with Gasteiger partial charge >= 0.3 is 5.97 Å². The average Bonchev–Trinajstić information content (AvgIpc) is 2.47. The number of rotatable bonds is 4. The number of pyridine rings is 1. The Kier molecular flexibility index (Phi) is 4.57. The lowest BCUT2D eigenvalue weighted by atomic mass is 10.2. The zero-order chi connectivity index (χ0) is 14.5. The van der Waals surface area contributed by atoms with E-state index in [1.54, 1.807) is 0 Å². The minimum Gasteiger partial charge on any atom is -0.473 e. The first-order chi connectivity index (χ1) is 9.60. The topological polar surface area (TPSA) is 74.4 Å². The van der Waals surface area contributed by atoms with Gasteiger partial charge in [0.2, 0.25) is 5.88 Å². The molecular weight excluding hydrogens is 324 g/mol. The monoisotopic (exact) mass is 336 g/mol. The molecule has 0 amide bonds. The molecule has 0 saturated heterocycles. The second-order valence-electron chi connectivity index (χ2n) is 4.02. The molecule has 0 spiro atoms. The molecule has 2 aromatic rings. The largest absolute Gasteiger partial charge is 0.473 e. The highest BCUT2D eigenvalue weighted by Crippen LogP contribution is 2.19. The second kappa shape index (κ2) is 6.38. The number of hydrogen-bond acceptors (Lipinski definition) is 5. The molecule has 0 aliphatic heterocycles. The molecule has 104 valence electrons. The van der Waals surface area contributed by atoms with Crippen LogP contribution in [-0.4, -0.2) is 18.1 Å². The first-order valence-corrected chi connectivity index (χ1v) is 6.60. The van der Waals surface area contributed by atoms with E-state index in [9.17, 15) is 4.79 Å². The molecule has 0 fully saturated rings. The molecule has 0 saturated carbocycles. The Hall–Kier alpha value is -2.08. The summed E-state index contributed by atoms with van der Waals surface area (Å²) in [5.74, 6) is -0.194. The van der Waals surface area contributed by atoms with Crippen molar-refractivity contribution in [1.29, 1.82) is 0 Å². The van der Waals surface area contributed by atoms with Crippen LogP contribution in [0, 0.1) is 0 Å². The molecule has 0 atom stereocenters. The summed E-state index contributed by atoms with van der Waals surface area (Å²) in [6, 6.07) is 9.19. The highest BCUT2D eigenvalue weighted by atomic mass is 79.9. The van der Waals surface area contributed by atoms with Crippen LogP contribution in [0.5, 0.6) is 5.88 Å². The van der Waals surface area contributed by atoms with Gasteiger partial charge in [0.25, 0.3) is 0 Å². The highest BCUT2D eigenvalue weighted by Gasteiger charge is 2.12. The van der Waals surface area contributed by atoms with Gasteiger partial charge in [0, 0.05) is 10.5 Å². The predicted octanol–water partition coefficient (Wildman–Crippen LogP) is 2.79. The number of nitrogens with two attached hydrogens (primary N) is 1. The smallest absolute Gasteiger partial charge is 0.340 e. The van der Waals surface area contributed by atoms with Crippen molar-refractivity contribution in [2.24, 2.45) is 0 Å². The van der Waals surface area contributed by atoms with Gasteiger partial charge in [-0.3, -0.25) is 0 Å². The number of nitrogens with zero attached hydrogens (tertiary/aromatic N) is 1. The maximum absolute atomic E-state index is 11.5. The van der Waals surface area contributed by atoms with Crippen LogP contribution in [0.25, 0.3) is 0 Å². The SMILES string of the molecule is COC(=O)c1cc(OCc2ccc(Br)cc2)ncc1N. The van der Waals surface area contributed by atoms with Crippen molar-refractivity contribution in [2.45, 2.75) is 6.61 Å². The summed E-state index contributed by atoms with van der Waals surface area (Å²) >= 11 is 3.36. The summed E-state index contributed by atoms with van der Waals surface area (Å²) in [5, 5.41) is 0. The number of esters is 1. The Morgan fingerprint density at radius 1 is 1.35 bits per heavy atom. The van der Waals surface area contributed by atoms with Crippen LogP contribution in [0.4, 0.5) is 5.69 Å². The first kappa shape index (κ1) is 14.3. The van der Waals surface area contributed by atoms with Gasteiger partial charge in [-0.15, -0.1) is 0 Å². The third-order valence-electron chi connectivity index (χ3n) is 2.61. The molecule has 1 aromatic heterocycles. The van der Waals surface area contributed by atoms with E-state index in [1.807, 2.05) is 24.3 Å². The van der Waals surface area contributed by atoms with Crippen LogP contribution < -0.4 is 10.5 Å². The van der Waals surface area contributed by atoms with Crippen molar-refractivity contribution in [2.75, 3.05) is 12.8 Å². The number of hydrogen-bond donors (Lipinski definition) is 1. The Labute approximate surface area is 124 Å². The third kappa shape index (κ3) is 3.48. The van der Waals surface area contributed by atoms with E-state index in [0.29, 0.717) is 12.5 Å². The number of aromatic nitrogens is 1. The molecule has 5 nitrogen and oxygen atoms in total. The van der Waals surface area contributed by atoms with Crippen LogP contribution >= 0.6 is 15.9 Å². The molecule has 20 heavy (non-hydrogen) atoms. The van der Waals surface area contributed by atoms with Crippen molar-refractivity contribution < 1.29 is 14.3 Å². The molecule has 0 radical (unpaired) electrons. The lowest BCUT2D eigenvalue weighted by Crippen LogP contribution is -2.07. The van der Waals surface area contributed by atoms with Gasteiger partial charge in [0.15, 0.2) is 0 Å². The molecule has 0 bridgehead atoms. The van der Waals surface area contributed by atoms with E-state index < -0.39 is 5.97 Å². The van der Waals surface area contributed by atoms with Gasteiger partial charge in [-0.05, 0) is 17.7 Å². The molecule has 1 aromatic carbocycles. The molecule has 2 rings (SSSR count). The molecular formula is C14H13BrN2O3. The normalized spacial score (nSPS) is 10.1. The molecule has 0 aliphatic rings. The fraction of sp³-hybridized carbons (Fsp3) is 0.143. The zero-order valence-electron chi connectivity index (χ0n) is 10.8. The van der Waals surface area contributed by atoms with Gasteiger partial charge in [-0.1, -0.05) is 28.1 Å². The number of carbonyl (C=O) groups is 1. The molecule has 2 N–H and O–H groups in total. The summed E-state index contributed by atoms with van der Waals surface area (Å²) in [6.45, 7) is 0.352.